The maximum atomic E-state index is 8.53. The lowest BCUT2D eigenvalue weighted by atomic mass is 9.99. The van der Waals surface area contributed by atoms with E-state index in [1.165, 1.54) is 12.0 Å². The van der Waals surface area contributed by atoms with Crippen molar-refractivity contribution in [1.82, 2.24) is 4.90 Å². The van der Waals surface area contributed by atoms with E-state index in [1.807, 2.05) is 0 Å². The molecule has 0 spiro atoms. The Morgan fingerprint density at radius 2 is 2.13 bits per heavy atom. The molecule has 1 aromatic carbocycles. The molecule has 15 heavy (non-hydrogen) atoms. The van der Waals surface area contributed by atoms with Crippen LogP contribution in [0.4, 0.5) is 0 Å². The SMILES string of the molecule is N#CCCN1CCC(c2ccccc2)C1. The highest BCUT2D eigenvalue weighted by Crippen LogP contribution is 2.26. The Morgan fingerprint density at radius 3 is 2.87 bits per heavy atom. The molecule has 1 heterocycles. The summed E-state index contributed by atoms with van der Waals surface area (Å²) in [7, 11) is 0. The quantitative estimate of drug-likeness (QED) is 0.749. The molecule has 1 aliphatic heterocycles. The van der Waals surface area contributed by atoms with Gasteiger partial charge in [0.1, 0.15) is 0 Å². The molecule has 1 aliphatic rings. The molecule has 1 aromatic rings. The number of hydrogen-bond acceptors (Lipinski definition) is 2. The summed E-state index contributed by atoms with van der Waals surface area (Å²) in [6.07, 6.45) is 1.89. The Morgan fingerprint density at radius 1 is 1.33 bits per heavy atom. The largest absolute Gasteiger partial charge is 0.302 e. The van der Waals surface area contributed by atoms with Gasteiger partial charge in [-0.25, -0.2) is 0 Å². The summed E-state index contributed by atoms with van der Waals surface area (Å²) >= 11 is 0. The van der Waals surface area contributed by atoms with Crippen molar-refractivity contribution >= 4 is 0 Å². The molecule has 2 rings (SSSR count). The predicted molar refractivity (Wildman–Crippen MR) is 60.5 cm³/mol. The minimum Gasteiger partial charge on any atom is -0.302 e. The van der Waals surface area contributed by atoms with Crippen LogP contribution >= 0.6 is 0 Å². The molecule has 78 valence electrons. The molecule has 0 saturated carbocycles. The fourth-order valence-electron chi connectivity index (χ4n) is 2.24. The van der Waals surface area contributed by atoms with Gasteiger partial charge in [-0.1, -0.05) is 30.3 Å². The minimum atomic E-state index is 0.654. The highest BCUT2D eigenvalue weighted by molar-refractivity contribution is 5.20. The van der Waals surface area contributed by atoms with Crippen LogP contribution in [-0.4, -0.2) is 24.5 Å². The van der Waals surface area contributed by atoms with E-state index in [4.69, 9.17) is 5.26 Å². The summed E-state index contributed by atoms with van der Waals surface area (Å²) in [5.74, 6) is 0.671. The third-order valence-corrected chi connectivity index (χ3v) is 3.08. The number of rotatable bonds is 3. The molecular weight excluding hydrogens is 184 g/mol. The number of nitriles is 1. The summed E-state index contributed by atoms with van der Waals surface area (Å²) in [6, 6.07) is 12.9. The van der Waals surface area contributed by atoms with Crippen LogP contribution in [0.1, 0.15) is 24.3 Å². The molecule has 2 heteroatoms. The zero-order valence-electron chi connectivity index (χ0n) is 8.89. The lowest BCUT2D eigenvalue weighted by Crippen LogP contribution is -2.21. The van der Waals surface area contributed by atoms with Crippen LogP contribution in [0.15, 0.2) is 30.3 Å². The molecule has 0 N–H and O–H groups in total. The molecule has 0 amide bonds. The van der Waals surface area contributed by atoms with Crippen molar-refractivity contribution in [3.8, 4) is 6.07 Å². The summed E-state index contributed by atoms with van der Waals surface area (Å²) in [6.45, 7) is 3.19. The molecule has 1 fully saturated rings. The second-order valence-corrected chi connectivity index (χ2v) is 4.11. The van der Waals surface area contributed by atoms with E-state index in [-0.39, 0.29) is 0 Å². The average molecular weight is 200 g/mol. The van der Waals surface area contributed by atoms with Crippen molar-refractivity contribution in [2.45, 2.75) is 18.8 Å². The zero-order valence-corrected chi connectivity index (χ0v) is 8.89. The van der Waals surface area contributed by atoms with Gasteiger partial charge in [-0.05, 0) is 24.4 Å². The molecule has 0 aromatic heterocycles. The van der Waals surface area contributed by atoms with Gasteiger partial charge in [0.25, 0.3) is 0 Å². The highest BCUT2D eigenvalue weighted by atomic mass is 15.1. The van der Waals surface area contributed by atoms with E-state index in [2.05, 4.69) is 41.3 Å². The highest BCUT2D eigenvalue weighted by Gasteiger charge is 2.22. The van der Waals surface area contributed by atoms with Gasteiger partial charge < -0.3 is 4.90 Å². The summed E-state index contributed by atoms with van der Waals surface area (Å²) in [5.41, 5.74) is 1.44. The third-order valence-electron chi connectivity index (χ3n) is 3.08. The lowest BCUT2D eigenvalue weighted by molar-refractivity contribution is 0.343. The third kappa shape index (κ3) is 2.57. The number of hydrogen-bond donors (Lipinski definition) is 0. The Kier molecular flexibility index (Phi) is 3.37. The molecule has 1 atom stereocenters. The van der Waals surface area contributed by atoms with Crippen LogP contribution in [0.25, 0.3) is 0 Å². The fraction of sp³-hybridized carbons (Fsp3) is 0.462. The zero-order chi connectivity index (χ0) is 10.5. The molecule has 0 bridgehead atoms. The van der Waals surface area contributed by atoms with Gasteiger partial charge in [0.15, 0.2) is 0 Å². The van der Waals surface area contributed by atoms with Gasteiger partial charge in [0.05, 0.1) is 6.07 Å². The monoisotopic (exact) mass is 200 g/mol. The van der Waals surface area contributed by atoms with Crippen molar-refractivity contribution in [3.05, 3.63) is 35.9 Å². The molecule has 2 nitrogen and oxygen atoms in total. The van der Waals surface area contributed by atoms with E-state index in [0.29, 0.717) is 12.3 Å². The fourth-order valence-corrected chi connectivity index (χ4v) is 2.24. The first-order chi connectivity index (χ1) is 7.40. The molecule has 1 unspecified atom stereocenters. The predicted octanol–water partition coefficient (Wildman–Crippen LogP) is 2.39. The van der Waals surface area contributed by atoms with Crippen LogP contribution in [0, 0.1) is 11.3 Å². The van der Waals surface area contributed by atoms with Crippen LogP contribution in [0.2, 0.25) is 0 Å². The average Bonchev–Trinajstić information content (AvgIpc) is 2.76. The molecule has 0 radical (unpaired) electrons. The number of likely N-dealkylation sites (tertiary alicyclic amines) is 1. The second-order valence-electron chi connectivity index (χ2n) is 4.11. The second kappa shape index (κ2) is 4.95. The number of benzene rings is 1. The van der Waals surface area contributed by atoms with Gasteiger partial charge in [0, 0.05) is 19.5 Å². The Labute approximate surface area is 91.1 Å². The lowest BCUT2D eigenvalue weighted by Gasteiger charge is -2.14. The molecule has 1 saturated heterocycles. The normalized spacial score (nSPS) is 21.4. The van der Waals surface area contributed by atoms with Crippen LogP contribution in [-0.2, 0) is 0 Å². The Balaban J connectivity index is 1.91. The van der Waals surface area contributed by atoms with Gasteiger partial charge in [-0.15, -0.1) is 0 Å². The standard InChI is InChI=1S/C13H16N2/c14-8-4-9-15-10-7-13(11-15)12-5-2-1-3-6-12/h1-3,5-6,13H,4,7,9-11H2. The topological polar surface area (TPSA) is 27.0 Å². The van der Waals surface area contributed by atoms with Crippen molar-refractivity contribution < 1.29 is 0 Å². The van der Waals surface area contributed by atoms with Crippen LogP contribution in [0.3, 0.4) is 0 Å². The van der Waals surface area contributed by atoms with Crippen molar-refractivity contribution in [2.24, 2.45) is 0 Å². The van der Waals surface area contributed by atoms with E-state index in [1.54, 1.807) is 0 Å². The maximum Gasteiger partial charge on any atom is 0.0635 e. The van der Waals surface area contributed by atoms with E-state index in [0.717, 1.165) is 19.6 Å². The first-order valence-electron chi connectivity index (χ1n) is 5.54. The molecular formula is C13H16N2. The Hall–Kier alpha value is -1.33. The van der Waals surface area contributed by atoms with Crippen LogP contribution in [0.5, 0.6) is 0 Å². The first kappa shape index (κ1) is 10.2. The minimum absolute atomic E-state index is 0.654. The van der Waals surface area contributed by atoms with Gasteiger partial charge in [-0.2, -0.15) is 5.26 Å². The van der Waals surface area contributed by atoms with Gasteiger partial charge in [0.2, 0.25) is 0 Å². The van der Waals surface area contributed by atoms with Crippen molar-refractivity contribution in [2.75, 3.05) is 19.6 Å². The van der Waals surface area contributed by atoms with E-state index < -0.39 is 0 Å². The molecule has 0 aliphatic carbocycles. The smallest absolute Gasteiger partial charge is 0.0635 e. The van der Waals surface area contributed by atoms with Crippen molar-refractivity contribution in [1.29, 1.82) is 5.26 Å². The first-order valence-corrected chi connectivity index (χ1v) is 5.54. The van der Waals surface area contributed by atoms with Crippen LogP contribution < -0.4 is 0 Å². The van der Waals surface area contributed by atoms with E-state index >= 15 is 0 Å². The van der Waals surface area contributed by atoms with Crippen molar-refractivity contribution in [3.63, 3.8) is 0 Å². The summed E-state index contributed by atoms with van der Waals surface area (Å²) in [5, 5.41) is 8.53. The van der Waals surface area contributed by atoms with Gasteiger partial charge in [-0.3, -0.25) is 0 Å². The number of nitrogens with zero attached hydrogens (tertiary/aromatic N) is 2. The van der Waals surface area contributed by atoms with Gasteiger partial charge >= 0.3 is 0 Å². The maximum absolute atomic E-state index is 8.53. The van der Waals surface area contributed by atoms with E-state index in [9.17, 15) is 0 Å². The Bertz CT molecular complexity index is 339. The summed E-state index contributed by atoms with van der Waals surface area (Å²) < 4.78 is 0. The summed E-state index contributed by atoms with van der Waals surface area (Å²) in [4.78, 5) is 2.39.